The Kier molecular flexibility index (Phi) is 6.55. The van der Waals surface area contributed by atoms with Crippen molar-refractivity contribution in [3.05, 3.63) is 35.2 Å². The number of nitrogens with one attached hydrogen (secondary N) is 1. The summed E-state index contributed by atoms with van der Waals surface area (Å²) < 4.78 is 40.9. The van der Waals surface area contributed by atoms with Gasteiger partial charge in [0.15, 0.2) is 11.7 Å². The van der Waals surface area contributed by atoms with E-state index in [1.165, 1.54) is 6.92 Å². The van der Waals surface area contributed by atoms with E-state index in [1.54, 1.807) is 0 Å². The molecule has 1 rings (SSSR count). The Morgan fingerprint density at radius 1 is 1.15 bits per heavy atom. The molecule has 0 bridgehead atoms. The molecule has 1 aliphatic carbocycles. The molecule has 2 nitrogen and oxygen atoms in total. The van der Waals surface area contributed by atoms with Gasteiger partial charge < -0.3 is 5.32 Å². The Labute approximate surface area is 117 Å². The maximum atomic E-state index is 13.8. The summed E-state index contributed by atoms with van der Waals surface area (Å²) in [7, 11) is 0. The second kappa shape index (κ2) is 7.92. The first-order valence-corrected chi connectivity index (χ1v) is 6.90. The molecule has 20 heavy (non-hydrogen) atoms. The van der Waals surface area contributed by atoms with Gasteiger partial charge in [-0.15, -0.1) is 0 Å². The van der Waals surface area contributed by atoms with Gasteiger partial charge in [0, 0.05) is 6.54 Å². The van der Waals surface area contributed by atoms with Gasteiger partial charge >= 0.3 is 0 Å². The summed E-state index contributed by atoms with van der Waals surface area (Å²) >= 11 is 0. The largest absolute Gasteiger partial charge is 0.352 e. The maximum Gasteiger partial charge on any atom is 0.257 e. The van der Waals surface area contributed by atoms with Crippen LogP contribution in [0.25, 0.3) is 0 Å². The highest BCUT2D eigenvalue weighted by molar-refractivity contribution is 5.98. The third kappa shape index (κ3) is 4.54. The first kappa shape index (κ1) is 16.5. The lowest BCUT2D eigenvalue weighted by Crippen LogP contribution is -2.27. The number of hydrogen-bond acceptors (Lipinski definition) is 1. The molecule has 0 aromatic carbocycles. The van der Waals surface area contributed by atoms with E-state index in [-0.39, 0.29) is 0 Å². The second-order valence-electron chi connectivity index (χ2n) is 4.89. The number of hydrogen-bond donors (Lipinski definition) is 1. The van der Waals surface area contributed by atoms with Crippen molar-refractivity contribution in [1.29, 1.82) is 0 Å². The van der Waals surface area contributed by atoms with Crippen LogP contribution in [-0.2, 0) is 4.79 Å². The van der Waals surface area contributed by atoms with Crippen molar-refractivity contribution in [2.45, 2.75) is 39.5 Å². The van der Waals surface area contributed by atoms with Crippen LogP contribution in [0.3, 0.4) is 0 Å². The molecule has 1 amide bonds. The first-order valence-electron chi connectivity index (χ1n) is 6.90. The van der Waals surface area contributed by atoms with Crippen molar-refractivity contribution in [3.63, 3.8) is 0 Å². The van der Waals surface area contributed by atoms with Gasteiger partial charge in [-0.3, -0.25) is 4.79 Å². The Bertz CT molecular complexity index is 452. The van der Waals surface area contributed by atoms with Crippen molar-refractivity contribution in [2.24, 2.45) is 5.92 Å². The van der Waals surface area contributed by atoms with Crippen LogP contribution in [-0.4, -0.2) is 12.5 Å². The summed E-state index contributed by atoms with van der Waals surface area (Å²) in [6.45, 7) is 3.89. The van der Waals surface area contributed by atoms with Gasteiger partial charge in [0.05, 0.1) is 0 Å². The van der Waals surface area contributed by atoms with Crippen molar-refractivity contribution < 1.29 is 18.0 Å². The fourth-order valence-electron chi connectivity index (χ4n) is 1.94. The zero-order chi connectivity index (χ0) is 15.1. The smallest absolute Gasteiger partial charge is 0.257 e. The van der Waals surface area contributed by atoms with Gasteiger partial charge in [0.1, 0.15) is 11.4 Å². The third-order valence-electron chi connectivity index (χ3n) is 3.03. The normalized spacial score (nSPS) is 19.4. The van der Waals surface area contributed by atoms with Gasteiger partial charge in [-0.25, -0.2) is 13.2 Å². The van der Waals surface area contributed by atoms with Crippen LogP contribution >= 0.6 is 0 Å². The summed E-state index contributed by atoms with van der Waals surface area (Å²) in [5.74, 6) is -5.17. The molecule has 5 heteroatoms. The molecular weight excluding hydrogens is 267 g/mol. The van der Waals surface area contributed by atoms with Gasteiger partial charge in [-0.1, -0.05) is 33.1 Å². The molecule has 0 aromatic heterocycles. The fourth-order valence-corrected chi connectivity index (χ4v) is 1.94. The van der Waals surface area contributed by atoms with E-state index < -0.39 is 34.9 Å². The van der Waals surface area contributed by atoms with Crippen LogP contribution in [0.15, 0.2) is 35.2 Å². The monoisotopic (exact) mass is 287 g/mol. The molecule has 112 valence electrons. The van der Waals surface area contributed by atoms with Crippen LogP contribution in [0.2, 0.25) is 0 Å². The van der Waals surface area contributed by atoms with Crippen molar-refractivity contribution >= 4 is 5.91 Å². The first-order chi connectivity index (χ1) is 9.47. The minimum atomic E-state index is -1.44. The maximum absolute atomic E-state index is 13.8. The predicted octanol–water partition coefficient (Wildman–Crippen LogP) is 4.26. The number of amides is 1. The van der Waals surface area contributed by atoms with Gasteiger partial charge in [0.25, 0.3) is 5.91 Å². The number of carbonyl (C=O) groups is 1. The van der Waals surface area contributed by atoms with Crippen LogP contribution in [0.1, 0.15) is 39.5 Å². The number of carbonyl (C=O) groups excluding carboxylic acids is 1. The lowest BCUT2D eigenvalue weighted by molar-refractivity contribution is -0.117. The average molecular weight is 287 g/mol. The molecule has 1 aliphatic rings. The topological polar surface area (TPSA) is 29.1 Å². The van der Waals surface area contributed by atoms with Crippen molar-refractivity contribution in [3.8, 4) is 0 Å². The van der Waals surface area contributed by atoms with E-state index in [2.05, 4.69) is 12.2 Å². The molecule has 0 aromatic rings. The van der Waals surface area contributed by atoms with E-state index in [4.69, 9.17) is 0 Å². The van der Waals surface area contributed by atoms with E-state index in [9.17, 15) is 18.0 Å². The average Bonchev–Trinajstić information content (AvgIpc) is 2.46. The Hall–Kier alpha value is -1.52. The molecule has 0 fully saturated rings. The molecule has 1 atom stereocenters. The SMILES string of the molecule is CCCCCCNC(=O)C1=C(F)C(F)=CC(C)C=C1F. The third-order valence-corrected chi connectivity index (χ3v) is 3.03. The molecule has 0 saturated heterocycles. The summed E-state index contributed by atoms with van der Waals surface area (Å²) in [5, 5.41) is 2.42. The van der Waals surface area contributed by atoms with Crippen molar-refractivity contribution in [2.75, 3.05) is 6.54 Å². The summed E-state index contributed by atoms with van der Waals surface area (Å²) in [6.07, 6.45) is 5.72. The quantitative estimate of drug-likeness (QED) is 0.726. The van der Waals surface area contributed by atoms with Crippen molar-refractivity contribution in [1.82, 2.24) is 5.32 Å². The number of unbranched alkanes of at least 4 members (excludes halogenated alkanes) is 3. The minimum Gasteiger partial charge on any atom is -0.352 e. The van der Waals surface area contributed by atoms with Gasteiger partial charge in [0.2, 0.25) is 0 Å². The summed E-state index contributed by atoms with van der Waals surface area (Å²) in [4.78, 5) is 11.8. The highest BCUT2D eigenvalue weighted by Crippen LogP contribution is 2.30. The molecule has 1 N–H and O–H groups in total. The Morgan fingerprint density at radius 2 is 1.80 bits per heavy atom. The Balaban J connectivity index is 2.72. The van der Waals surface area contributed by atoms with E-state index in [0.29, 0.717) is 6.54 Å². The van der Waals surface area contributed by atoms with Gasteiger partial charge in [-0.2, -0.15) is 0 Å². The molecule has 0 aliphatic heterocycles. The highest BCUT2D eigenvalue weighted by Gasteiger charge is 2.26. The van der Waals surface area contributed by atoms with E-state index in [1.807, 2.05) is 0 Å². The molecule has 0 radical (unpaired) electrons. The fraction of sp³-hybridized carbons (Fsp3) is 0.533. The van der Waals surface area contributed by atoms with Crippen LogP contribution in [0.5, 0.6) is 0 Å². The molecule has 0 spiro atoms. The Morgan fingerprint density at radius 3 is 2.45 bits per heavy atom. The molecular formula is C15H20F3NO. The van der Waals surface area contributed by atoms with Crippen LogP contribution in [0, 0.1) is 5.92 Å². The highest BCUT2D eigenvalue weighted by atomic mass is 19.2. The standard InChI is InChI=1S/C15H20F3NO/c1-3-4-5-6-7-19-15(20)13-11(16)8-10(2)9-12(17)14(13)18/h8-10H,3-7H2,1-2H3,(H,19,20). The lowest BCUT2D eigenvalue weighted by Gasteiger charge is -2.07. The lowest BCUT2D eigenvalue weighted by atomic mass is 10.1. The van der Waals surface area contributed by atoms with E-state index >= 15 is 0 Å². The zero-order valence-electron chi connectivity index (χ0n) is 11.8. The predicted molar refractivity (Wildman–Crippen MR) is 72.8 cm³/mol. The number of rotatable bonds is 6. The molecule has 1 unspecified atom stereocenters. The minimum absolute atomic E-state index is 0.323. The zero-order valence-corrected chi connectivity index (χ0v) is 11.8. The molecule has 0 heterocycles. The summed E-state index contributed by atoms with van der Waals surface area (Å²) in [5.41, 5.74) is -0.849. The van der Waals surface area contributed by atoms with Crippen LogP contribution < -0.4 is 5.32 Å². The summed E-state index contributed by atoms with van der Waals surface area (Å²) in [6, 6.07) is 0. The second-order valence-corrected chi connectivity index (χ2v) is 4.89. The number of halogens is 3. The van der Waals surface area contributed by atoms with Gasteiger partial charge in [-0.05, 0) is 24.5 Å². The number of allylic oxidation sites excluding steroid dienone is 4. The molecule has 0 saturated carbocycles. The van der Waals surface area contributed by atoms with Crippen LogP contribution in [0.4, 0.5) is 13.2 Å². The van der Waals surface area contributed by atoms with E-state index in [0.717, 1.165) is 37.8 Å².